The largest absolute Gasteiger partial charge is 0.469 e. The van der Waals surface area contributed by atoms with Crippen LogP contribution in [-0.4, -0.2) is 26.2 Å². The van der Waals surface area contributed by atoms with Crippen LogP contribution in [0.1, 0.15) is 19.4 Å². The monoisotopic (exact) mass is 267 g/mol. The van der Waals surface area contributed by atoms with Gasteiger partial charge in [0.05, 0.1) is 13.0 Å². The number of nitrogens with one attached hydrogen (secondary N) is 1. The fourth-order valence-electron chi connectivity index (χ4n) is 1.92. The molecule has 0 aliphatic carbocycles. The van der Waals surface area contributed by atoms with Gasteiger partial charge in [0.1, 0.15) is 5.82 Å². The van der Waals surface area contributed by atoms with E-state index in [0.29, 0.717) is 25.1 Å². The van der Waals surface area contributed by atoms with Crippen LogP contribution >= 0.6 is 0 Å². The molecule has 0 aliphatic rings. The first-order valence-electron chi connectivity index (χ1n) is 6.58. The Morgan fingerprint density at radius 2 is 2.05 bits per heavy atom. The number of hydrogen-bond acceptors (Lipinski definition) is 3. The standard InChI is InChI=1S/C15H22FNO2/c1-11(2)13(15(18)19-3)10-17-9-8-12-6-4-5-7-14(12)16/h4-7,11,13,17H,8-10H2,1-3H3. The predicted octanol–water partition coefficient (Wildman–Crippen LogP) is 2.40. The molecule has 0 aromatic heterocycles. The van der Waals surface area contributed by atoms with E-state index in [1.54, 1.807) is 12.1 Å². The number of methoxy groups -OCH3 is 1. The highest BCUT2D eigenvalue weighted by Gasteiger charge is 2.22. The number of ether oxygens (including phenoxy) is 1. The average molecular weight is 267 g/mol. The van der Waals surface area contributed by atoms with E-state index in [4.69, 9.17) is 4.74 Å². The number of carbonyl (C=O) groups is 1. The van der Waals surface area contributed by atoms with E-state index < -0.39 is 0 Å². The number of hydrogen-bond donors (Lipinski definition) is 1. The Labute approximate surface area is 114 Å². The summed E-state index contributed by atoms with van der Waals surface area (Å²) in [5, 5.41) is 3.19. The third kappa shape index (κ3) is 4.99. The molecule has 0 fully saturated rings. The molecular formula is C15H22FNO2. The lowest BCUT2D eigenvalue weighted by molar-refractivity contribution is -0.146. The first-order chi connectivity index (χ1) is 9.06. The van der Waals surface area contributed by atoms with Gasteiger partial charge in [0, 0.05) is 6.54 Å². The molecule has 0 heterocycles. The lowest BCUT2D eigenvalue weighted by Crippen LogP contribution is -2.34. The minimum atomic E-state index is -0.201. The van der Waals surface area contributed by atoms with E-state index >= 15 is 0 Å². The summed E-state index contributed by atoms with van der Waals surface area (Å²) in [5.41, 5.74) is 0.689. The second-order valence-corrected chi connectivity index (χ2v) is 4.92. The third-order valence-electron chi connectivity index (χ3n) is 3.20. The number of halogens is 1. The van der Waals surface area contributed by atoms with Gasteiger partial charge in [0.25, 0.3) is 0 Å². The van der Waals surface area contributed by atoms with E-state index in [9.17, 15) is 9.18 Å². The van der Waals surface area contributed by atoms with Crippen molar-refractivity contribution in [3.63, 3.8) is 0 Å². The summed E-state index contributed by atoms with van der Waals surface area (Å²) in [6, 6.07) is 6.74. The zero-order chi connectivity index (χ0) is 14.3. The van der Waals surface area contributed by atoms with Crippen LogP contribution in [-0.2, 0) is 16.0 Å². The van der Waals surface area contributed by atoms with Crippen molar-refractivity contribution in [3.8, 4) is 0 Å². The molecule has 19 heavy (non-hydrogen) atoms. The summed E-state index contributed by atoms with van der Waals surface area (Å²) in [6.07, 6.45) is 0.610. The molecule has 4 heteroatoms. The summed E-state index contributed by atoms with van der Waals surface area (Å²) in [4.78, 5) is 11.5. The smallest absolute Gasteiger partial charge is 0.310 e. The molecule has 0 radical (unpaired) electrons. The highest BCUT2D eigenvalue weighted by Crippen LogP contribution is 2.11. The van der Waals surface area contributed by atoms with Crippen LogP contribution in [0, 0.1) is 17.7 Å². The Morgan fingerprint density at radius 3 is 2.63 bits per heavy atom. The highest BCUT2D eigenvalue weighted by molar-refractivity contribution is 5.72. The Bertz CT molecular complexity index is 407. The fraction of sp³-hybridized carbons (Fsp3) is 0.533. The van der Waals surface area contributed by atoms with Crippen molar-refractivity contribution < 1.29 is 13.9 Å². The molecule has 1 rings (SSSR count). The van der Waals surface area contributed by atoms with Crippen LogP contribution in [0.25, 0.3) is 0 Å². The quantitative estimate of drug-likeness (QED) is 0.609. The molecule has 1 aromatic carbocycles. The van der Waals surface area contributed by atoms with E-state index in [0.717, 1.165) is 0 Å². The fourth-order valence-corrected chi connectivity index (χ4v) is 1.92. The van der Waals surface area contributed by atoms with Crippen molar-refractivity contribution in [2.24, 2.45) is 11.8 Å². The van der Waals surface area contributed by atoms with Crippen LogP contribution in [0.3, 0.4) is 0 Å². The summed E-state index contributed by atoms with van der Waals surface area (Å²) >= 11 is 0. The van der Waals surface area contributed by atoms with Gasteiger partial charge in [-0.05, 0) is 30.5 Å². The third-order valence-corrected chi connectivity index (χ3v) is 3.20. The normalized spacial score (nSPS) is 12.5. The predicted molar refractivity (Wildman–Crippen MR) is 73.3 cm³/mol. The first-order valence-corrected chi connectivity index (χ1v) is 6.58. The lowest BCUT2D eigenvalue weighted by Gasteiger charge is -2.18. The number of esters is 1. The van der Waals surface area contributed by atoms with Gasteiger partial charge in [-0.2, -0.15) is 0 Å². The zero-order valence-electron chi connectivity index (χ0n) is 11.8. The van der Waals surface area contributed by atoms with Crippen LogP contribution in [0.2, 0.25) is 0 Å². The summed E-state index contributed by atoms with van der Waals surface area (Å²) in [6.45, 7) is 5.17. The molecule has 0 amide bonds. The van der Waals surface area contributed by atoms with Gasteiger partial charge < -0.3 is 10.1 Å². The van der Waals surface area contributed by atoms with Crippen LogP contribution in [0.5, 0.6) is 0 Å². The maximum absolute atomic E-state index is 13.4. The van der Waals surface area contributed by atoms with Gasteiger partial charge in [-0.25, -0.2) is 4.39 Å². The molecular weight excluding hydrogens is 245 g/mol. The van der Waals surface area contributed by atoms with Gasteiger partial charge in [0.15, 0.2) is 0 Å². The maximum Gasteiger partial charge on any atom is 0.310 e. The van der Waals surface area contributed by atoms with E-state index in [1.165, 1.54) is 13.2 Å². The van der Waals surface area contributed by atoms with Crippen LogP contribution in [0.15, 0.2) is 24.3 Å². The molecule has 3 nitrogen and oxygen atoms in total. The zero-order valence-corrected chi connectivity index (χ0v) is 11.8. The minimum Gasteiger partial charge on any atom is -0.469 e. The van der Waals surface area contributed by atoms with Gasteiger partial charge in [0.2, 0.25) is 0 Å². The first kappa shape index (κ1) is 15.6. The molecule has 0 aliphatic heterocycles. The van der Waals surface area contributed by atoms with Gasteiger partial charge in [-0.3, -0.25) is 4.79 Å². The maximum atomic E-state index is 13.4. The Balaban J connectivity index is 2.37. The molecule has 1 aromatic rings. The Morgan fingerprint density at radius 1 is 1.37 bits per heavy atom. The second-order valence-electron chi connectivity index (χ2n) is 4.92. The highest BCUT2D eigenvalue weighted by atomic mass is 19.1. The molecule has 0 saturated carbocycles. The van der Waals surface area contributed by atoms with Crippen molar-refractivity contribution in [1.29, 1.82) is 0 Å². The molecule has 0 spiro atoms. The molecule has 0 bridgehead atoms. The van der Waals surface area contributed by atoms with Gasteiger partial charge in [-0.15, -0.1) is 0 Å². The Kier molecular flexibility index (Phi) is 6.50. The molecule has 1 unspecified atom stereocenters. The van der Waals surface area contributed by atoms with E-state index in [2.05, 4.69) is 5.32 Å². The number of carbonyl (C=O) groups excluding carboxylic acids is 1. The van der Waals surface area contributed by atoms with Crippen molar-refractivity contribution in [3.05, 3.63) is 35.6 Å². The molecule has 1 atom stereocenters. The van der Waals surface area contributed by atoms with Crippen LogP contribution in [0.4, 0.5) is 4.39 Å². The second kappa shape index (κ2) is 7.89. The SMILES string of the molecule is COC(=O)C(CNCCc1ccccc1F)C(C)C. The van der Waals surface area contributed by atoms with E-state index in [-0.39, 0.29) is 23.6 Å². The number of rotatable bonds is 7. The summed E-state index contributed by atoms with van der Waals surface area (Å²) in [5.74, 6) is -0.329. The topological polar surface area (TPSA) is 38.3 Å². The average Bonchev–Trinajstić information content (AvgIpc) is 2.39. The molecule has 106 valence electrons. The summed E-state index contributed by atoms with van der Waals surface area (Å²) < 4.78 is 18.2. The van der Waals surface area contributed by atoms with Crippen molar-refractivity contribution >= 4 is 5.97 Å². The Hall–Kier alpha value is -1.42. The van der Waals surface area contributed by atoms with Crippen molar-refractivity contribution in [2.45, 2.75) is 20.3 Å². The van der Waals surface area contributed by atoms with Crippen molar-refractivity contribution in [2.75, 3.05) is 20.2 Å². The van der Waals surface area contributed by atoms with E-state index in [1.807, 2.05) is 19.9 Å². The number of benzene rings is 1. The molecule has 1 N–H and O–H groups in total. The minimum absolute atomic E-state index is 0.161. The summed E-state index contributed by atoms with van der Waals surface area (Å²) in [7, 11) is 1.40. The lowest BCUT2D eigenvalue weighted by atomic mass is 9.96. The van der Waals surface area contributed by atoms with Gasteiger partial charge >= 0.3 is 5.97 Å². The van der Waals surface area contributed by atoms with Crippen molar-refractivity contribution in [1.82, 2.24) is 5.32 Å². The van der Waals surface area contributed by atoms with Crippen LogP contribution < -0.4 is 5.32 Å². The van der Waals surface area contributed by atoms with Gasteiger partial charge in [-0.1, -0.05) is 32.0 Å². The molecule has 0 saturated heterocycles.